The first-order valence-electron chi connectivity index (χ1n) is 11.0. The van der Waals surface area contributed by atoms with Crippen LogP contribution < -0.4 is 10.6 Å². The monoisotopic (exact) mass is 549 g/mol. The zero-order valence-corrected chi connectivity index (χ0v) is 21.0. The summed E-state index contributed by atoms with van der Waals surface area (Å²) in [4.78, 5) is 11.7. The average Bonchev–Trinajstić information content (AvgIpc) is 3.47. The molecule has 8 nitrogen and oxygen atoms in total. The minimum Gasteiger partial charge on any atom is -0.461 e. The molecule has 3 heterocycles. The van der Waals surface area contributed by atoms with Crippen molar-refractivity contribution in [3.8, 4) is 11.6 Å². The molecule has 1 aliphatic heterocycles. The number of piperidine rings is 1. The van der Waals surface area contributed by atoms with Crippen molar-refractivity contribution >= 4 is 29.9 Å². The quantitative estimate of drug-likeness (QED) is 0.236. The molecule has 3 N–H and O–H groups in total. The summed E-state index contributed by atoms with van der Waals surface area (Å²) >= 11 is 0. The number of guanidine groups is 1. The Morgan fingerprint density at radius 2 is 2.09 bits per heavy atom. The van der Waals surface area contributed by atoms with Gasteiger partial charge in [0.1, 0.15) is 12.4 Å². The number of aromatic amines is 1. The number of aromatic nitrogens is 3. The van der Waals surface area contributed by atoms with E-state index in [1.165, 1.54) is 5.56 Å². The van der Waals surface area contributed by atoms with Crippen molar-refractivity contribution in [3.63, 3.8) is 0 Å². The maximum Gasteiger partial charge on any atom is 0.216 e. The zero-order valence-electron chi connectivity index (χ0n) is 18.6. The van der Waals surface area contributed by atoms with E-state index in [1.807, 2.05) is 12.1 Å². The van der Waals surface area contributed by atoms with E-state index in [0.29, 0.717) is 36.0 Å². The number of hydrogen-bond donors (Lipinski definition) is 3. The van der Waals surface area contributed by atoms with Crippen LogP contribution in [0.4, 0.5) is 0 Å². The van der Waals surface area contributed by atoms with Crippen LogP contribution in [0.2, 0.25) is 0 Å². The summed E-state index contributed by atoms with van der Waals surface area (Å²) in [5, 5.41) is 14.1. The van der Waals surface area contributed by atoms with Crippen molar-refractivity contribution < 1.29 is 4.42 Å². The van der Waals surface area contributed by atoms with E-state index in [2.05, 4.69) is 74.9 Å². The summed E-state index contributed by atoms with van der Waals surface area (Å²) in [5.41, 5.74) is 1.37. The van der Waals surface area contributed by atoms with Crippen molar-refractivity contribution in [2.45, 2.75) is 51.9 Å². The Kier molecular flexibility index (Phi) is 9.10. The van der Waals surface area contributed by atoms with Gasteiger partial charge in [0.25, 0.3) is 0 Å². The van der Waals surface area contributed by atoms with Crippen molar-refractivity contribution in [3.05, 3.63) is 60.1 Å². The Balaban J connectivity index is 0.00000289. The number of nitrogens with zero attached hydrogens (tertiary/aromatic N) is 4. The topological polar surface area (TPSA) is 94.4 Å². The second-order valence-corrected chi connectivity index (χ2v) is 7.95. The van der Waals surface area contributed by atoms with Crippen molar-refractivity contribution in [1.82, 2.24) is 30.7 Å². The number of H-pyrrole nitrogens is 1. The fraction of sp³-hybridized carbons (Fsp3) is 0.435. The van der Waals surface area contributed by atoms with Crippen LogP contribution in [0, 0.1) is 0 Å². The maximum absolute atomic E-state index is 5.34. The molecule has 0 radical (unpaired) electrons. The lowest BCUT2D eigenvalue weighted by Gasteiger charge is -2.38. The highest BCUT2D eigenvalue weighted by Gasteiger charge is 2.26. The van der Waals surface area contributed by atoms with Gasteiger partial charge in [-0.2, -0.15) is 0 Å². The molecule has 1 fully saturated rings. The van der Waals surface area contributed by atoms with E-state index in [-0.39, 0.29) is 24.0 Å². The molecular weight excluding hydrogens is 517 g/mol. The molecule has 1 saturated heterocycles. The molecule has 0 spiro atoms. The number of aliphatic imine (C=N–C) groups is 1. The van der Waals surface area contributed by atoms with Crippen LogP contribution in [0.1, 0.15) is 38.1 Å². The van der Waals surface area contributed by atoms with Crippen molar-refractivity contribution in [1.29, 1.82) is 0 Å². The smallest absolute Gasteiger partial charge is 0.216 e. The summed E-state index contributed by atoms with van der Waals surface area (Å²) in [6.45, 7) is 7.69. The summed E-state index contributed by atoms with van der Waals surface area (Å²) in [5.74, 6) is 2.71. The summed E-state index contributed by atoms with van der Waals surface area (Å²) in [7, 11) is 0. The van der Waals surface area contributed by atoms with Gasteiger partial charge in [0, 0.05) is 31.7 Å². The van der Waals surface area contributed by atoms with E-state index in [1.54, 1.807) is 6.26 Å². The number of nitrogens with one attached hydrogen (secondary N) is 3. The predicted octanol–water partition coefficient (Wildman–Crippen LogP) is 3.79. The van der Waals surface area contributed by atoms with Gasteiger partial charge in [0.05, 0.1) is 6.26 Å². The van der Waals surface area contributed by atoms with Gasteiger partial charge in [-0.25, -0.2) is 9.98 Å². The van der Waals surface area contributed by atoms with Gasteiger partial charge in [0.15, 0.2) is 11.7 Å². The molecule has 0 amide bonds. The lowest BCUT2D eigenvalue weighted by Crippen LogP contribution is -2.51. The third-order valence-electron chi connectivity index (χ3n) is 5.59. The Morgan fingerprint density at radius 3 is 2.81 bits per heavy atom. The normalized spacial score (nSPS) is 19.4. The molecule has 2 unspecified atom stereocenters. The van der Waals surface area contributed by atoms with Gasteiger partial charge in [-0.05, 0) is 44.4 Å². The molecule has 1 aliphatic rings. The molecule has 0 aliphatic carbocycles. The molecule has 1 aromatic carbocycles. The Bertz CT molecular complexity index is 958. The van der Waals surface area contributed by atoms with E-state index >= 15 is 0 Å². The highest BCUT2D eigenvalue weighted by atomic mass is 127. The molecule has 0 bridgehead atoms. The van der Waals surface area contributed by atoms with E-state index < -0.39 is 0 Å². The molecule has 3 aromatic rings. The zero-order chi connectivity index (χ0) is 21.5. The van der Waals surface area contributed by atoms with Crippen molar-refractivity contribution in [2.75, 3.05) is 13.1 Å². The van der Waals surface area contributed by atoms with Gasteiger partial charge in [-0.3, -0.25) is 10.00 Å². The van der Waals surface area contributed by atoms with Crippen LogP contribution in [0.5, 0.6) is 0 Å². The fourth-order valence-corrected chi connectivity index (χ4v) is 3.95. The molecule has 9 heteroatoms. The summed E-state index contributed by atoms with van der Waals surface area (Å²) in [6, 6.07) is 15.3. The van der Waals surface area contributed by atoms with Crippen LogP contribution in [-0.4, -0.2) is 51.2 Å². The van der Waals surface area contributed by atoms with Gasteiger partial charge in [-0.1, -0.05) is 30.3 Å². The van der Waals surface area contributed by atoms with Crippen LogP contribution in [0.25, 0.3) is 11.6 Å². The van der Waals surface area contributed by atoms with E-state index in [4.69, 9.17) is 9.41 Å². The first-order valence-corrected chi connectivity index (χ1v) is 11.0. The highest BCUT2D eigenvalue weighted by Crippen LogP contribution is 2.20. The summed E-state index contributed by atoms with van der Waals surface area (Å²) < 4.78 is 5.34. The van der Waals surface area contributed by atoms with Gasteiger partial charge in [-0.15, -0.1) is 29.1 Å². The number of hydrogen-bond acceptors (Lipinski definition) is 5. The molecule has 4 rings (SSSR count). The van der Waals surface area contributed by atoms with E-state index in [0.717, 1.165) is 38.4 Å². The Morgan fingerprint density at radius 1 is 1.25 bits per heavy atom. The molecule has 32 heavy (non-hydrogen) atoms. The van der Waals surface area contributed by atoms with Crippen LogP contribution in [-0.2, 0) is 13.1 Å². The largest absolute Gasteiger partial charge is 0.461 e. The first kappa shape index (κ1) is 24.2. The minimum atomic E-state index is 0. The number of furan rings is 1. The van der Waals surface area contributed by atoms with Gasteiger partial charge in [0.2, 0.25) is 5.82 Å². The highest BCUT2D eigenvalue weighted by molar-refractivity contribution is 14.0. The lowest BCUT2D eigenvalue weighted by atomic mass is 9.97. The molecule has 172 valence electrons. The predicted molar refractivity (Wildman–Crippen MR) is 137 cm³/mol. The third kappa shape index (κ3) is 6.55. The standard InChI is InChI=1S/C23H31N7O.HI/c1-3-24-23(25-15-21-27-22(29-28-21)20-10-7-13-31-20)26-19-11-12-30(17(2)14-19)16-18-8-5-4-6-9-18;/h4-10,13,17,19H,3,11-12,14-16H2,1-2H3,(H2,24,25,26)(H,27,28,29);1H. The Labute approximate surface area is 206 Å². The maximum atomic E-state index is 5.34. The number of rotatable bonds is 7. The summed E-state index contributed by atoms with van der Waals surface area (Å²) in [6.07, 6.45) is 3.79. The van der Waals surface area contributed by atoms with Crippen LogP contribution in [0.15, 0.2) is 58.1 Å². The second-order valence-electron chi connectivity index (χ2n) is 7.95. The minimum absolute atomic E-state index is 0. The molecule has 0 saturated carbocycles. The SMILES string of the molecule is CCNC(=NCc1nc(-c2ccco2)n[nH]1)NC1CCN(Cc2ccccc2)C(C)C1.I. The van der Waals surface area contributed by atoms with Gasteiger partial charge < -0.3 is 15.1 Å². The second kappa shape index (κ2) is 12.0. The van der Waals surface area contributed by atoms with Gasteiger partial charge >= 0.3 is 0 Å². The molecule has 2 atom stereocenters. The fourth-order valence-electron chi connectivity index (χ4n) is 3.95. The van der Waals surface area contributed by atoms with Crippen LogP contribution in [0.3, 0.4) is 0 Å². The lowest BCUT2D eigenvalue weighted by molar-refractivity contribution is 0.134. The Hall–Kier alpha value is -2.40. The molecular formula is C23H32IN7O. The van der Waals surface area contributed by atoms with Crippen LogP contribution >= 0.6 is 24.0 Å². The number of halogens is 1. The number of likely N-dealkylation sites (tertiary alicyclic amines) is 1. The molecule has 2 aromatic heterocycles. The average molecular weight is 549 g/mol. The van der Waals surface area contributed by atoms with E-state index in [9.17, 15) is 0 Å². The first-order chi connectivity index (χ1) is 15.2. The van der Waals surface area contributed by atoms with Crippen molar-refractivity contribution in [2.24, 2.45) is 4.99 Å². The third-order valence-corrected chi connectivity index (χ3v) is 5.59. The number of benzene rings is 1.